The van der Waals surface area contributed by atoms with E-state index in [4.69, 9.17) is 10.5 Å². The summed E-state index contributed by atoms with van der Waals surface area (Å²) in [6, 6.07) is 8.57. The molecule has 2 heterocycles. The average Bonchev–Trinajstić information content (AvgIpc) is 2.98. The predicted octanol–water partition coefficient (Wildman–Crippen LogP) is 1.55. The van der Waals surface area contributed by atoms with E-state index in [-0.39, 0.29) is 0 Å². The second kappa shape index (κ2) is 10.1. The van der Waals surface area contributed by atoms with Gasteiger partial charge in [0, 0.05) is 62.9 Å². The van der Waals surface area contributed by atoms with Crippen molar-refractivity contribution in [3.63, 3.8) is 0 Å². The first kappa shape index (κ1) is 20.2. The van der Waals surface area contributed by atoms with Gasteiger partial charge in [-0.25, -0.2) is 4.39 Å². The standard InChI is InChI=1S/C19H29FN4O2S/c20-18(27-15-6-21)19(25)24-8-1-7-22(9-10-24)16-2-4-17(5-3-16)23-11-13-26-14-12-23/h2-5,18H,1,6-15,21H2. The summed E-state index contributed by atoms with van der Waals surface area (Å²) in [4.78, 5) is 18.5. The van der Waals surface area contributed by atoms with E-state index in [2.05, 4.69) is 34.1 Å². The maximum absolute atomic E-state index is 14.0. The third kappa shape index (κ3) is 5.49. The highest BCUT2D eigenvalue weighted by Gasteiger charge is 2.26. The number of morpholine rings is 1. The summed E-state index contributed by atoms with van der Waals surface area (Å²) in [5.74, 6) is 0.0421. The Hall–Kier alpha value is -1.51. The molecule has 0 aromatic heterocycles. The molecule has 3 rings (SSSR count). The van der Waals surface area contributed by atoms with Gasteiger partial charge in [0.1, 0.15) is 0 Å². The molecule has 6 nitrogen and oxygen atoms in total. The van der Waals surface area contributed by atoms with E-state index in [1.165, 1.54) is 5.69 Å². The maximum Gasteiger partial charge on any atom is 0.267 e. The van der Waals surface area contributed by atoms with Crippen LogP contribution >= 0.6 is 11.8 Å². The lowest BCUT2D eigenvalue weighted by molar-refractivity contribution is -0.133. The lowest BCUT2D eigenvalue weighted by atomic mass is 10.2. The number of ether oxygens (including phenoxy) is 1. The van der Waals surface area contributed by atoms with Gasteiger partial charge >= 0.3 is 0 Å². The quantitative estimate of drug-likeness (QED) is 0.787. The smallest absolute Gasteiger partial charge is 0.267 e. The van der Waals surface area contributed by atoms with Crippen molar-refractivity contribution < 1.29 is 13.9 Å². The Morgan fingerprint density at radius 1 is 1.04 bits per heavy atom. The zero-order chi connectivity index (χ0) is 19.1. The summed E-state index contributed by atoms with van der Waals surface area (Å²) in [6.07, 6.45) is 0.839. The Morgan fingerprint density at radius 3 is 2.30 bits per heavy atom. The van der Waals surface area contributed by atoms with E-state index in [9.17, 15) is 9.18 Å². The molecule has 2 N–H and O–H groups in total. The predicted molar refractivity (Wildman–Crippen MR) is 109 cm³/mol. The number of alkyl halides is 1. The number of carbonyl (C=O) groups is 1. The van der Waals surface area contributed by atoms with Crippen LogP contribution in [0.4, 0.5) is 15.8 Å². The van der Waals surface area contributed by atoms with Crippen molar-refractivity contribution >= 4 is 29.0 Å². The van der Waals surface area contributed by atoms with Crippen LogP contribution in [0.25, 0.3) is 0 Å². The van der Waals surface area contributed by atoms with E-state index in [0.29, 0.717) is 25.4 Å². The third-order valence-corrected chi connectivity index (χ3v) is 5.94. The molecule has 1 aromatic carbocycles. The van der Waals surface area contributed by atoms with E-state index < -0.39 is 11.4 Å². The van der Waals surface area contributed by atoms with E-state index in [0.717, 1.165) is 63.3 Å². The first-order chi connectivity index (χ1) is 13.2. The highest BCUT2D eigenvalue weighted by molar-refractivity contribution is 8.00. The van der Waals surface area contributed by atoms with E-state index in [1.54, 1.807) is 4.90 Å². The van der Waals surface area contributed by atoms with Gasteiger partial charge in [-0.05, 0) is 30.7 Å². The summed E-state index contributed by atoms with van der Waals surface area (Å²) >= 11 is 0.987. The van der Waals surface area contributed by atoms with Crippen LogP contribution in [0, 0.1) is 0 Å². The number of thioether (sulfide) groups is 1. The zero-order valence-electron chi connectivity index (χ0n) is 15.7. The Bertz CT molecular complexity index is 598. The highest BCUT2D eigenvalue weighted by Crippen LogP contribution is 2.23. The lowest BCUT2D eigenvalue weighted by Gasteiger charge is -2.30. The molecule has 0 radical (unpaired) electrons. The van der Waals surface area contributed by atoms with Crippen LogP contribution in [-0.2, 0) is 9.53 Å². The van der Waals surface area contributed by atoms with Gasteiger partial charge in [-0.2, -0.15) is 0 Å². The SMILES string of the molecule is NCCSC(F)C(=O)N1CCCN(c2ccc(N3CCOCC3)cc2)CC1. The molecule has 0 bridgehead atoms. The minimum absolute atomic E-state index is 0.382. The molecule has 27 heavy (non-hydrogen) atoms. The summed E-state index contributed by atoms with van der Waals surface area (Å²) in [5.41, 5.74) is 6.25. The van der Waals surface area contributed by atoms with Crippen molar-refractivity contribution in [2.45, 2.75) is 11.9 Å². The summed E-state index contributed by atoms with van der Waals surface area (Å²) in [5, 5.41) is 0. The number of hydrogen-bond donors (Lipinski definition) is 1. The van der Waals surface area contributed by atoms with Crippen molar-refractivity contribution in [2.75, 3.05) is 74.6 Å². The summed E-state index contributed by atoms with van der Waals surface area (Å²) in [7, 11) is 0. The number of nitrogens with zero attached hydrogens (tertiary/aromatic N) is 3. The van der Waals surface area contributed by atoms with Crippen LogP contribution in [0.2, 0.25) is 0 Å². The topological polar surface area (TPSA) is 62.0 Å². The number of anilines is 2. The molecule has 0 aliphatic carbocycles. The number of halogens is 1. The molecule has 8 heteroatoms. The van der Waals surface area contributed by atoms with Gasteiger partial charge in [0.2, 0.25) is 5.50 Å². The van der Waals surface area contributed by atoms with Gasteiger partial charge in [-0.3, -0.25) is 4.79 Å². The van der Waals surface area contributed by atoms with Crippen LogP contribution < -0.4 is 15.5 Å². The zero-order valence-corrected chi connectivity index (χ0v) is 16.5. The number of rotatable bonds is 6. The molecule has 1 amide bonds. The number of hydrogen-bond acceptors (Lipinski definition) is 6. The molecule has 0 spiro atoms. The van der Waals surface area contributed by atoms with E-state index in [1.807, 2.05) is 0 Å². The van der Waals surface area contributed by atoms with Gasteiger partial charge in [-0.15, -0.1) is 11.8 Å². The van der Waals surface area contributed by atoms with E-state index >= 15 is 0 Å². The molecule has 2 aliphatic heterocycles. The normalized spacial score (nSPS) is 19.7. The van der Waals surface area contributed by atoms with Crippen molar-refractivity contribution in [1.29, 1.82) is 0 Å². The number of benzene rings is 1. The molecule has 2 fully saturated rings. The van der Waals surface area contributed by atoms with Gasteiger partial charge in [-0.1, -0.05) is 0 Å². The fourth-order valence-corrected chi connectivity index (χ4v) is 4.11. The van der Waals surface area contributed by atoms with Crippen molar-refractivity contribution in [2.24, 2.45) is 5.73 Å². The largest absolute Gasteiger partial charge is 0.378 e. The molecular weight excluding hydrogens is 367 g/mol. The monoisotopic (exact) mass is 396 g/mol. The fourth-order valence-electron chi connectivity index (χ4n) is 3.48. The average molecular weight is 397 g/mol. The Morgan fingerprint density at radius 2 is 1.67 bits per heavy atom. The molecule has 2 saturated heterocycles. The van der Waals surface area contributed by atoms with Crippen LogP contribution in [0.15, 0.2) is 24.3 Å². The Kier molecular flexibility index (Phi) is 7.60. The molecule has 0 saturated carbocycles. The van der Waals surface area contributed by atoms with Crippen LogP contribution in [0.1, 0.15) is 6.42 Å². The molecular formula is C19H29FN4O2S. The fraction of sp³-hybridized carbons (Fsp3) is 0.632. The maximum atomic E-state index is 14.0. The number of amides is 1. The Balaban J connectivity index is 1.55. The van der Waals surface area contributed by atoms with Gasteiger partial charge in [0.25, 0.3) is 5.91 Å². The Labute approximate surface area is 164 Å². The molecule has 1 unspecified atom stereocenters. The second-order valence-corrected chi connectivity index (χ2v) is 7.91. The van der Waals surface area contributed by atoms with Crippen LogP contribution in [0.5, 0.6) is 0 Å². The molecule has 1 aromatic rings. The number of carbonyl (C=O) groups excluding carboxylic acids is 1. The minimum Gasteiger partial charge on any atom is -0.378 e. The van der Waals surface area contributed by atoms with Crippen molar-refractivity contribution in [1.82, 2.24) is 4.90 Å². The lowest BCUT2D eigenvalue weighted by Crippen LogP contribution is -2.39. The first-order valence-corrected chi connectivity index (χ1v) is 10.7. The summed E-state index contributed by atoms with van der Waals surface area (Å²) in [6.45, 7) is 6.52. The van der Waals surface area contributed by atoms with Crippen molar-refractivity contribution in [3.8, 4) is 0 Å². The van der Waals surface area contributed by atoms with Gasteiger partial charge < -0.3 is 25.2 Å². The molecule has 1 atom stereocenters. The van der Waals surface area contributed by atoms with Crippen LogP contribution in [-0.4, -0.2) is 81.1 Å². The molecule has 150 valence electrons. The van der Waals surface area contributed by atoms with Crippen LogP contribution in [0.3, 0.4) is 0 Å². The second-order valence-electron chi connectivity index (χ2n) is 6.76. The number of nitrogens with two attached hydrogens (primary N) is 1. The van der Waals surface area contributed by atoms with Crippen molar-refractivity contribution in [3.05, 3.63) is 24.3 Å². The molecule has 2 aliphatic rings. The highest BCUT2D eigenvalue weighted by atomic mass is 32.2. The summed E-state index contributed by atoms with van der Waals surface area (Å²) < 4.78 is 19.4. The third-order valence-electron chi connectivity index (χ3n) is 4.97. The van der Waals surface area contributed by atoms with Gasteiger partial charge in [0.05, 0.1) is 13.2 Å². The first-order valence-electron chi connectivity index (χ1n) is 9.61. The minimum atomic E-state index is -1.51. The van der Waals surface area contributed by atoms with Gasteiger partial charge in [0.15, 0.2) is 0 Å².